The number of aromatic nitrogens is 1. The Morgan fingerprint density at radius 3 is 2.91 bits per heavy atom. The summed E-state index contributed by atoms with van der Waals surface area (Å²) in [6.07, 6.45) is 1.49. The summed E-state index contributed by atoms with van der Waals surface area (Å²) in [5.41, 5.74) is 0.579. The average molecular weight is 146 g/mol. The summed E-state index contributed by atoms with van der Waals surface area (Å²) in [4.78, 5) is 14.6. The predicted molar refractivity (Wildman–Crippen MR) is 39.0 cm³/mol. The molecular formula is C8H6N2O. The molecule has 0 fully saturated rings. The van der Waals surface area contributed by atoms with Crippen LogP contribution in [0.1, 0.15) is 23.0 Å². The van der Waals surface area contributed by atoms with E-state index in [0.29, 0.717) is 5.56 Å². The predicted octanol–water partition coefficient (Wildman–Crippen LogP) is 1.16. The fraction of sp³-hybridized carbons (Fsp3) is 0.125. The Hall–Kier alpha value is -1.69. The number of nitrogens with zero attached hydrogens (tertiary/aromatic N) is 2. The van der Waals surface area contributed by atoms with E-state index in [0.717, 1.165) is 0 Å². The average Bonchev–Trinajstić information content (AvgIpc) is 2.04. The van der Waals surface area contributed by atoms with Crippen molar-refractivity contribution in [1.82, 2.24) is 4.98 Å². The van der Waals surface area contributed by atoms with Gasteiger partial charge >= 0.3 is 0 Å². The van der Waals surface area contributed by atoms with Crippen molar-refractivity contribution in [2.45, 2.75) is 6.92 Å². The molecule has 0 aliphatic heterocycles. The standard InChI is InChI=1S/C8H6N2O/c1-6(11)7-3-2-4-10-8(7)5-9/h2-4H,1H3. The SMILES string of the molecule is CC(=O)c1cccnc1C#N. The van der Waals surface area contributed by atoms with Crippen LogP contribution in [0, 0.1) is 11.3 Å². The van der Waals surface area contributed by atoms with E-state index in [-0.39, 0.29) is 11.5 Å². The number of nitriles is 1. The van der Waals surface area contributed by atoms with Gasteiger partial charge in [0.05, 0.1) is 5.56 Å². The summed E-state index contributed by atoms with van der Waals surface area (Å²) in [5, 5.41) is 8.50. The monoisotopic (exact) mass is 146 g/mol. The lowest BCUT2D eigenvalue weighted by Crippen LogP contribution is -1.97. The number of pyridine rings is 1. The molecule has 3 nitrogen and oxygen atoms in total. The molecule has 0 unspecified atom stereocenters. The second-order valence-electron chi connectivity index (χ2n) is 2.07. The molecule has 54 valence electrons. The molecule has 0 aliphatic rings. The Balaban J connectivity index is 3.26. The fourth-order valence-corrected chi connectivity index (χ4v) is 0.778. The van der Waals surface area contributed by atoms with E-state index in [2.05, 4.69) is 4.98 Å². The van der Waals surface area contributed by atoms with Gasteiger partial charge in [0, 0.05) is 6.20 Å². The number of rotatable bonds is 1. The highest BCUT2D eigenvalue weighted by atomic mass is 16.1. The Kier molecular flexibility index (Phi) is 1.98. The van der Waals surface area contributed by atoms with E-state index in [4.69, 9.17) is 5.26 Å². The summed E-state index contributed by atoms with van der Waals surface area (Å²) in [6, 6.07) is 5.07. The maximum absolute atomic E-state index is 10.8. The fourth-order valence-electron chi connectivity index (χ4n) is 0.778. The van der Waals surface area contributed by atoms with Crippen LogP contribution in [-0.4, -0.2) is 10.8 Å². The van der Waals surface area contributed by atoms with Crippen molar-refractivity contribution < 1.29 is 4.79 Å². The Bertz CT molecular complexity index is 325. The number of hydrogen-bond acceptors (Lipinski definition) is 3. The second-order valence-corrected chi connectivity index (χ2v) is 2.07. The van der Waals surface area contributed by atoms with Crippen molar-refractivity contribution in [3.8, 4) is 6.07 Å². The summed E-state index contributed by atoms with van der Waals surface area (Å²) in [5.74, 6) is -0.130. The van der Waals surface area contributed by atoms with Crippen molar-refractivity contribution in [2.24, 2.45) is 0 Å². The lowest BCUT2D eigenvalue weighted by atomic mass is 10.1. The highest BCUT2D eigenvalue weighted by Gasteiger charge is 2.05. The van der Waals surface area contributed by atoms with Crippen molar-refractivity contribution >= 4 is 5.78 Å². The molecule has 0 saturated carbocycles. The van der Waals surface area contributed by atoms with Crippen molar-refractivity contribution in [2.75, 3.05) is 0 Å². The molecule has 0 saturated heterocycles. The highest BCUT2D eigenvalue weighted by Crippen LogP contribution is 2.03. The molecule has 3 heteroatoms. The van der Waals surface area contributed by atoms with E-state index < -0.39 is 0 Å². The first-order valence-electron chi connectivity index (χ1n) is 3.11. The third kappa shape index (κ3) is 1.41. The minimum atomic E-state index is -0.130. The van der Waals surface area contributed by atoms with E-state index in [1.165, 1.54) is 13.1 Å². The van der Waals surface area contributed by atoms with Crippen LogP contribution in [0.2, 0.25) is 0 Å². The quantitative estimate of drug-likeness (QED) is 0.558. The third-order valence-corrected chi connectivity index (χ3v) is 1.29. The Morgan fingerprint density at radius 2 is 2.45 bits per heavy atom. The van der Waals surface area contributed by atoms with Crippen LogP contribution in [0.3, 0.4) is 0 Å². The minimum Gasteiger partial charge on any atom is -0.294 e. The first-order valence-corrected chi connectivity index (χ1v) is 3.11. The normalized spacial score (nSPS) is 8.73. The van der Waals surface area contributed by atoms with Crippen LogP contribution in [-0.2, 0) is 0 Å². The van der Waals surface area contributed by atoms with Crippen LogP contribution in [0.15, 0.2) is 18.3 Å². The zero-order chi connectivity index (χ0) is 8.27. The van der Waals surface area contributed by atoms with Gasteiger partial charge in [0.2, 0.25) is 0 Å². The maximum Gasteiger partial charge on any atom is 0.162 e. The molecule has 1 rings (SSSR count). The smallest absolute Gasteiger partial charge is 0.162 e. The first kappa shape index (κ1) is 7.42. The molecule has 0 aliphatic carbocycles. The van der Waals surface area contributed by atoms with Crippen molar-refractivity contribution in [1.29, 1.82) is 5.26 Å². The number of Topliss-reactive ketones (excluding diaryl/α,β-unsaturated/α-hetero) is 1. The molecule has 0 aromatic carbocycles. The van der Waals surface area contributed by atoms with E-state index in [9.17, 15) is 4.79 Å². The molecule has 1 aromatic rings. The number of hydrogen-bond donors (Lipinski definition) is 0. The summed E-state index contributed by atoms with van der Waals surface area (Å²) in [6.45, 7) is 1.41. The van der Waals surface area contributed by atoms with Gasteiger partial charge in [-0.1, -0.05) is 0 Å². The van der Waals surface area contributed by atoms with Crippen LogP contribution in [0.5, 0.6) is 0 Å². The second kappa shape index (κ2) is 2.93. The van der Waals surface area contributed by atoms with Gasteiger partial charge in [-0.25, -0.2) is 4.98 Å². The zero-order valence-electron chi connectivity index (χ0n) is 6.03. The van der Waals surface area contributed by atoms with Crippen LogP contribution < -0.4 is 0 Å². The maximum atomic E-state index is 10.8. The lowest BCUT2D eigenvalue weighted by Gasteiger charge is -1.94. The highest BCUT2D eigenvalue weighted by molar-refractivity contribution is 5.95. The van der Waals surface area contributed by atoms with Gasteiger partial charge in [0.25, 0.3) is 0 Å². The number of ketones is 1. The van der Waals surface area contributed by atoms with Crippen LogP contribution in [0.25, 0.3) is 0 Å². The number of carbonyl (C=O) groups excluding carboxylic acids is 1. The molecule has 0 N–H and O–H groups in total. The van der Waals surface area contributed by atoms with E-state index in [1.807, 2.05) is 6.07 Å². The molecular weight excluding hydrogens is 140 g/mol. The topological polar surface area (TPSA) is 53.8 Å². The van der Waals surface area contributed by atoms with Crippen LogP contribution in [0.4, 0.5) is 0 Å². The molecule has 1 aromatic heterocycles. The number of carbonyl (C=O) groups is 1. The minimum absolute atomic E-state index is 0.130. The third-order valence-electron chi connectivity index (χ3n) is 1.29. The van der Waals surface area contributed by atoms with Crippen molar-refractivity contribution in [3.63, 3.8) is 0 Å². The Labute approximate surface area is 64.3 Å². The summed E-state index contributed by atoms with van der Waals surface area (Å²) < 4.78 is 0. The summed E-state index contributed by atoms with van der Waals surface area (Å²) >= 11 is 0. The summed E-state index contributed by atoms with van der Waals surface area (Å²) in [7, 11) is 0. The van der Waals surface area contributed by atoms with Gasteiger partial charge in [0.1, 0.15) is 6.07 Å². The van der Waals surface area contributed by atoms with E-state index in [1.54, 1.807) is 12.1 Å². The Morgan fingerprint density at radius 1 is 1.73 bits per heavy atom. The van der Waals surface area contributed by atoms with Gasteiger partial charge in [-0.15, -0.1) is 0 Å². The van der Waals surface area contributed by atoms with Gasteiger partial charge < -0.3 is 0 Å². The van der Waals surface area contributed by atoms with Crippen LogP contribution >= 0.6 is 0 Å². The molecule has 0 amide bonds. The van der Waals surface area contributed by atoms with Gasteiger partial charge in [-0.2, -0.15) is 5.26 Å². The molecule has 0 radical (unpaired) electrons. The van der Waals surface area contributed by atoms with Gasteiger partial charge in [-0.05, 0) is 19.1 Å². The zero-order valence-corrected chi connectivity index (χ0v) is 6.03. The van der Waals surface area contributed by atoms with Gasteiger partial charge in [0.15, 0.2) is 11.5 Å². The molecule has 1 heterocycles. The lowest BCUT2D eigenvalue weighted by molar-refractivity contribution is 0.101. The van der Waals surface area contributed by atoms with Gasteiger partial charge in [-0.3, -0.25) is 4.79 Å². The van der Waals surface area contributed by atoms with E-state index >= 15 is 0 Å². The molecule has 0 bridgehead atoms. The molecule has 0 spiro atoms. The largest absolute Gasteiger partial charge is 0.294 e. The van der Waals surface area contributed by atoms with Crippen molar-refractivity contribution in [3.05, 3.63) is 29.6 Å². The first-order chi connectivity index (χ1) is 5.25. The molecule has 0 atom stereocenters. The molecule has 11 heavy (non-hydrogen) atoms.